The first kappa shape index (κ1) is 21.3. The van der Waals surface area contributed by atoms with Gasteiger partial charge in [0.05, 0.1) is 5.69 Å². The summed E-state index contributed by atoms with van der Waals surface area (Å²) in [6, 6.07) is 12.1. The molecule has 164 valence electrons. The highest BCUT2D eigenvalue weighted by atomic mass is 16.2. The number of aromatic nitrogens is 2. The van der Waals surface area contributed by atoms with Gasteiger partial charge in [-0.15, -0.1) is 0 Å². The number of hydrogen-bond acceptors (Lipinski definition) is 5. The summed E-state index contributed by atoms with van der Waals surface area (Å²) in [4.78, 5) is 41.9. The van der Waals surface area contributed by atoms with Gasteiger partial charge < -0.3 is 16.4 Å². The predicted octanol–water partition coefficient (Wildman–Crippen LogP) is 2.64. The van der Waals surface area contributed by atoms with Crippen LogP contribution in [-0.4, -0.2) is 39.7 Å². The molecule has 1 aliphatic rings. The molecule has 32 heavy (non-hydrogen) atoms. The number of benzene rings is 2. The first-order valence-electron chi connectivity index (χ1n) is 10.6. The quantitative estimate of drug-likeness (QED) is 0.497. The molecule has 0 saturated heterocycles. The number of anilines is 1. The normalized spacial score (nSPS) is 12.9. The maximum atomic E-state index is 13.1. The standard InChI is InChI=1S/C24H25N5O3/c1-3-26-23(31)16-6-4-5-15(11-16)21(30)20-22(25)29(13-27-20)19-12-17(8-7-14(19)2)24(32)28-18-9-10-18/h4-8,11-13,18H,3,9-10,25H2,1-2H3,(H,26,31)(H,28,32). The number of aryl methyl sites for hydroxylation is 1. The summed E-state index contributed by atoms with van der Waals surface area (Å²) in [5.74, 6) is -0.600. The Hall–Kier alpha value is -3.94. The fourth-order valence-corrected chi connectivity index (χ4v) is 3.43. The molecular formula is C24H25N5O3. The highest BCUT2D eigenvalue weighted by Gasteiger charge is 2.25. The number of carbonyl (C=O) groups is 3. The maximum absolute atomic E-state index is 13.1. The number of amides is 2. The van der Waals surface area contributed by atoms with Crippen LogP contribution in [0.1, 0.15) is 62.1 Å². The minimum absolute atomic E-state index is 0.0882. The van der Waals surface area contributed by atoms with Gasteiger partial charge in [0.2, 0.25) is 5.78 Å². The summed E-state index contributed by atoms with van der Waals surface area (Å²) < 4.78 is 1.60. The Kier molecular flexibility index (Phi) is 5.77. The second kappa shape index (κ2) is 8.66. The summed E-state index contributed by atoms with van der Waals surface area (Å²) in [6.07, 6.45) is 3.48. The van der Waals surface area contributed by atoms with Crippen molar-refractivity contribution in [2.45, 2.75) is 32.7 Å². The monoisotopic (exact) mass is 431 g/mol. The van der Waals surface area contributed by atoms with E-state index in [4.69, 9.17) is 5.73 Å². The number of carbonyl (C=O) groups excluding carboxylic acids is 3. The largest absolute Gasteiger partial charge is 0.383 e. The Bertz CT molecular complexity index is 1210. The molecule has 0 atom stereocenters. The topological polar surface area (TPSA) is 119 Å². The van der Waals surface area contributed by atoms with Crippen LogP contribution in [0.15, 0.2) is 48.8 Å². The maximum Gasteiger partial charge on any atom is 0.251 e. The van der Waals surface area contributed by atoms with E-state index in [-0.39, 0.29) is 35.2 Å². The number of nitrogens with one attached hydrogen (secondary N) is 2. The molecule has 1 heterocycles. The van der Waals surface area contributed by atoms with Crippen molar-refractivity contribution in [1.29, 1.82) is 0 Å². The molecule has 4 rings (SSSR count). The van der Waals surface area contributed by atoms with E-state index in [0.717, 1.165) is 18.4 Å². The first-order chi connectivity index (χ1) is 15.4. The van der Waals surface area contributed by atoms with Crippen LogP contribution in [0, 0.1) is 6.92 Å². The molecule has 2 aromatic carbocycles. The van der Waals surface area contributed by atoms with Gasteiger partial charge in [0, 0.05) is 29.3 Å². The summed E-state index contributed by atoms with van der Waals surface area (Å²) in [5, 5.41) is 5.68. The molecule has 0 spiro atoms. The molecule has 8 heteroatoms. The summed E-state index contributed by atoms with van der Waals surface area (Å²) in [7, 11) is 0. The minimum atomic E-state index is -0.382. The smallest absolute Gasteiger partial charge is 0.251 e. The highest BCUT2D eigenvalue weighted by Crippen LogP contribution is 2.25. The Balaban J connectivity index is 1.64. The SMILES string of the molecule is CCNC(=O)c1cccc(C(=O)c2ncn(-c3cc(C(=O)NC4CC4)ccc3C)c2N)c1. The zero-order chi connectivity index (χ0) is 22.8. The van der Waals surface area contributed by atoms with Gasteiger partial charge in [-0.1, -0.05) is 18.2 Å². The van der Waals surface area contributed by atoms with Crippen molar-refractivity contribution in [3.63, 3.8) is 0 Å². The third-order valence-corrected chi connectivity index (χ3v) is 5.39. The second-order valence-corrected chi connectivity index (χ2v) is 7.87. The van der Waals surface area contributed by atoms with Gasteiger partial charge in [0.1, 0.15) is 12.1 Å². The van der Waals surface area contributed by atoms with Gasteiger partial charge in [-0.25, -0.2) is 4.98 Å². The van der Waals surface area contributed by atoms with Crippen LogP contribution >= 0.6 is 0 Å². The van der Waals surface area contributed by atoms with Crippen LogP contribution in [0.5, 0.6) is 0 Å². The fraction of sp³-hybridized carbons (Fsp3) is 0.250. The van der Waals surface area contributed by atoms with Crippen LogP contribution < -0.4 is 16.4 Å². The van der Waals surface area contributed by atoms with Crippen molar-refractivity contribution in [2.75, 3.05) is 12.3 Å². The fourth-order valence-electron chi connectivity index (χ4n) is 3.43. The van der Waals surface area contributed by atoms with Crippen molar-refractivity contribution in [1.82, 2.24) is 20.2 Å². The number of ketones is 1. The lowest BCUT2D eigenvalue weighted by atomic mass is 10.0. The van der Waals surface area contributed by atoms with Gasteiger partial charge in [0.15, 0.2) is 5.69 Å². The number of imidazole rings is 1. The van der Waals surface area contributed by atoms with E-state index in [9.17, 15) is 14.4 Å². The lowest BCUT2D eigenvalue weighted by molar-refractivity contribution is 0.0944. The van der Waals surface area contributed by atoms with Gasteiger partial charge in [0.25, 0.3) is 11.8 Å². The Morgan fingerprint density at radius 3 is 2.50 bits per heavy atom. The molecule has 0 bridgehead atoms. The van der Waals surface area contributed by atoms with E-state index in [1.54, 1.807) is 34.9 Å². The van der Waals surface area contributed by atoms with Gasteiger partial charge in [-0.2, -0.15) is 0 Å². The van der Waals surface area contributed by atoms with E-state index in [2.05, 4.69) is 15.6 Å². The van der Waals surface area contributed by atoms with E-state index in [1.165, 1.54) is 12.4 Å². The average molecular weight is 431 g/mol. The summed E-state index contributed by atoms with van der Waals surface area (Å²) in [5.41, 5.74) is 9.18. The number of hydrogen-bond donors (Lipinski definition) is 3. The third kappa shape index (κ3) is 4.25. The van der Waals surface area contributed by atoms with E-state index >= 15 is 0 Å². The Morgan fingerprint density at radius 2 is 1.78 bits per heavy atom. The van der Waals surface area contributed by atoms with E-state index in [1.807, 2.05) is 19.9 Å². The molecule has 1 aliphatic carbocycles. The summed E-state index contributed by atoms with van der Waals surface area (Å²) >= 11 is 0. The van der Waals surface area contributed by atoms with Gasteiger partial charge >= 0.3 is 0 Å². The molecule has 0 aliphatic heterocycles. The van der Waals surface area contributed by atoms with Crippen molar-refractivity contribution in [3.8, 4) is 5.69 Å². The zero-order valence-corrected chi connectivity index (χ0v) is 18.0. The van der Waals surface area contributed by atoms with Crippen LogP contribution in [-0.2, 0) is 0 Å². The second-order valence-electron chi connectivity index (χ2n) is 7.87. The molecule has 4 N–H and O–H groups in total. The van der Waals surface area contributed by atoms with Crippen molar-refractivity contribution in [3.05, 3.63) is 76.7 Å². The highest BCUT2D eigenvalue weighted by molar-refractivity contribution is 6.11. The van der Waals surface area contributed by atoms with E-state index < -0.39 is 0 Å². The zero-order valence-electron chi connectivity index (χ0n) is 18.0. The lowest BCUT2D eigenvalue weighted by Gasteiger charge is -2.12. The Morgan fingerprint density at radius 1 is 1.06 bits per heavy atom. The first-order valence-corrected chi connectivity index (χ1v) is 10.6. The Labute approximate surface area is 185 Å². The number of nitrogens with zero attached hydrogens (tertiary/aromatic N) is 2. The minimum Gasteiger partial charge on any atom is -0.383 e. The molecule has 0 radical (unpaired) electrons. The molecule has 1 fully saturated rings. The van der Waals surface area contributed by atoms with E-state index in [0.29, 0.717) is 28.9 Å². The molecule has 1 saturated carbocycles. The number of nitrogens with two attached hydrogens (primary N) is 1. The number of rotatable bonds is 7. The molecule has 2 amide bonds. The van der Waals surface area contributed by atoms with Crippen LogP contribution in [0.2, 0.25) is 0 Å². The van der Waals surface area contributed by atoms with Crippen molar-refractivity contribution < 1.29 is 14.4 Å². The van der Waals surface area contributed by atoms with Crippen LogP contribution in [0.25, 0.3) is 5.69 Å². The predicted molar refractivity (Wildman–Crippen MR) is 121 cm³/mol. The molecule has 0 unspecified atom stereocenters. The average Bonchev–Trinajstić information content (AvgIpc) is 3.53. The van der Waals surface area contributed by atoms with Gasteiger partial charge in [-0.05, 0) is 56.5 Å². The van der Waals surface area contributed by atoms with Crippen molar-refractivity contribution in [2.24, 2.45) is 0 Å². The van der Waals surface area contributed by atoms with Gasteiger partial charge in [-0.3, -0.25) is 19.0 Å². The summed E-state index contributed by atoms with van der Waals surface area (Å²) in [6.45, 7) is 4.22. The molecule has 3 aromatic rings. The number of nitrogen functional groups attached to an aromatic ring is 1. The molecular weight excluding hydrogens is 406 g/mol. The molecule has 1 aromatic heterocycles. The van der Waals surface area contributed by atoms with Crippen molar-refractivity contribution >= 4 is 23.4 Å². The third-order valence-electron chi connectivity index (χ3n) is 5.39. The lowest BCUT2D eigenvalue weighted by Crippen LogP contribution is -2.25. The van der Waals surface area contributed by atoms with Crippen LogP contribution in [0.4, 0.5) is 5.82 Å². The molecule has 8 nitrogen and oxygen atoms in total. The van der Waals surface area contributed by atoms with Crippen LogP contribution in [0.3, 0.4) is 0 Å².